The molecule has 82 valence electrons. The van der Waals surface area contributed by atoms with E-state index in [2.05, 4.69) is 35.0 Å². The molecule has 1 aliphatic heterocycles. The first-order valence-electron chi connectivity index (χ1n) is 5.62. The summed E-state index contributed by atoms with van der Waals surface area (Å²) in [5.41, 5.74) is 2.47. The Labute approximate surface area is 99.4 Å². The van der Waals surface area contributed by atoms with Crippen molar-refractivity contribution in [3.05, 3.63) is 41.4 Å². The van der Waals surface area contributed by atoms with Gasteiger partial charge in [0.25, 0.3) is 0 Å². The largest absolute Gasteiger partial charge is 0.316 e. The summed E-state index contributed by atoms with van der Waals surface area (Å²) in [6.45, 7) is 2.30. The van der Waals surface area contributed by atoms with Gasteiger partial charge in [-0.1, -0.05) is 30.3 Å². The Morgan fingerprint density at radius 2 is 2.06 bits per heavy atom. The predicted molar refractivity (Wildman–Crippen MR) is 67.6 cm³/mol. The van der Waals surface area contributed by atoms with Crippen LogP contribution in [0.2, 0.25) is 0 Å². The van der Waals surface area contributed by atoms with Gasteiger partial charge in [-0.2, -0.15) is 0 Å². The van der Waals surface area contributed by atoms with E-state index in [1.165, 1.54) is 11.3 Å². The van der Waals surface area contributed by atoms with Gasteiger partial charge >= 0.3 is 0 Å². The normalized spacial score (nSPS) is 16.0. The lowest BCUT2D eigenvalue weighted by Gasteiger charge is -2.26. The third-order valence-corrected chi connectivity index (χ3v) is 3.88. The summed E-state index contributed by atoms with van der Waals surface area (Å²) in [6.07, 6.45) is 1.12. The third kappa shape index (κ3) is 2.01. The smallest absolute Gasteiger partial charge is 0.123 e. The summed E-state index contributed by atoms with van der Waals surface area (Å²) in [6, 6.07) is 10.4. The Morgan fingerprint density at radius 1 is 1.25 bits per heavy atom. The topological polar surface area (TPSA) is 24.9 Å². The van der Waals surface area contributed by atoms with E-state index in [1.807, 2.05) is 6.07 Å². The van der Waals surface area contributed by atoms with Crippen LogP contribution >= 0.6 is 11.3 Å². The zero-order valence-corrected chi connectivity index (χ0v) is 9.83. The van der Waals surface area contributed by atoms with Crippen LogP contribution in [-0.2, 0) is 6.42 Å². The van der Waals surface area contributed by atoms with Crippen LogP contribution in [0.5, 0.6) is 0 Å². The lowest BCUT2D eigenvalue weighted by atomic mass is 9.98. The molecule has 0 aliphatic carbocycles. The second-order valence-electron chi connectivity index (χ2n) is 4.24. The summed E-state index contributed by atoms with van der Waals surface area (Å²) >= 11 is 1.75. The van der Waals surface area contributed by atoms with E-state index in [-0.39, 0.29) is 0 Å². The van der Waals surface area contributed by atoms with E-state index in [0.717, 1.165) is 30.4 Å². The van der Waals surface area contributed by atoms with Crippen molar-refractivity contribution in [1.82, 2.24) is 10.3 Å². The molecule has 16 heavy (non-hydrogen) atoms. The van der Waals surface area contributed by atoms with Crippen molar-refractivity contribution in [2.75, 3.05) is 13.1 Å². The SMILES string of the molecule is c1ccc(-c2nc(CC3CNC3)cs2)cc1. The van der Waals surface area contributed by atoms with Gasteiger partial charge in [-0.3, -0.25) is 0 Å². The zero-order valence-electron chi connectivity index (χ0n) is 9.02. The molecule has 1 N–H and O–H groups in total. The van der Waals surface area contributed by atoms with Crippen LogP contribution in [0, 0.1) is 5.92 Å². The number of rotatable bonds is 3. The standard InChI is InChI=1S/C13H14N2S/c1-2-4-11(5-3-1)13-15-12(9-16-13)6-10-7-14-8-10/h1-5,9-10,14H,6-8H2. The monoisotopic (exact) mass is 230 g/mol. The minimum atomic E-state index is 0.797. The fourth-order valence-corrected chi connectivity index (χ4v) is 2.74. The van der Waals surface area contributed by atoms with Crippen LogP contribution in [-0.4, -0.2) is 18.1 Å². The van der Waals surface area contributed by atoms with Crippen LogP contribution in [0.4, 0.5) is 0 Å². The molecule has 0 amide bonds. The van der Waals surface area contributed by atoms with Crippen molar-refractivity contribution in [2.24, 2.45) is 5.92 Å². The minimum Gasteiger partial charge on any atom is -0.316 e. The van der Waals surface area contributed by atoms with E-state index in [4.69, 9.17) is 4.98 Å². The number of nitrogens with one attached hydrogen (secondary N) is 1. The van der Waals surface area contributed by atoms with Crippen molar-refractivity contribution in [3.8, 4) is 10.6 Å². The molecule has 0 bridgehead atoms. The van der Waals surface area contributed by atoms with Gasteiger partial charge in [0.1, 0.15) is 5.01 Å². The van der Waals surface area contributed by atoms with Gasteiger partial charge in [0, 0.05) is 10.9 Å². The molecule has 0 unspecified atom stereocenters. The first kappa shape index (κ1) is 10.00. The predicted octanol–water partition coefficient (Wildman–Crippen LogP) is 2.57. The van der Waals surface area contributed by atoms with Crippen molar-refractivity contribution >= 4 is 11.3 Å². The number of hydrogen-bond acceptors (Lipinski definition) is 3. The fourth-order valence-electron chi connectivity index (χ4n) is 1.90. The molecule has 1 aromatic carbocycles. The van der Waals surface area contributed by atoms with Crippen LogP contribution in [0.3, 0.4) is 0 Å². The second kappa shape index (κ2) is 4.36. The van der Waals surface area contributed by atoms with Gasteiger partial charge in [-0.15, -0.1) is 11.3 Å². The van der Waals surface area contributed by atoms with Gasteiger partial charge in [-0.25, -0.2) is 4.98 Å². The quantitative estimate of drug-likeness (QED) is 0.876. The molecular formula is C13H14N2S. The van der Waals surface area contributed by atoms with Crippen molar-refractivity contribution in [3.63, 3.8) is 0 Å². The number of hydrogen-bond donors (Lipinski definition) is 1. The molecular weight excluding hydrogens is 216 g/mol. The summed E-state index contributed by atoms with van der Waals surface area (Å²) in [7, 11) is 0. The number of thiazole rings is 1. The van der Waals surface area contributed by atoms with Gasteiger partial charge in [-0.05, 0) is 25.4 Å². The van der Waals surface area contributed by atoms with Gasteiger partial charge in [0.15, 0.2) is 0 Å². The molecule has 2 aromatic rings. The van der Waals surface area contributed by atoms with E-state index in [0.29, 0.717) is 0 Å². The minimum absolute atomic E-state index is 0.797. The average molecular weight is 230 g/mol. The lowest BCUT2D eigenvalue weighted by Crippen LogP contribution is -2.43. The van der Waals surface area contributed by atoms with Crippen LogP contribution in [0.15, 0.2) is 35.7 Å². The van der Waals surface area contributed by atoms with Crippen molar-refractivity contribution in [2.45, 2.75) is 6.42 Å². The van der Waals surface area contributed by atoms with Gasteiger partial charge in [0.05, 0.1) is 5.69 Å². The van der Waals surface area contributed by atoms with E-state index in [9.17, 15) is 0 Å². The van der Waals surface area contributed by atoms with E-state index >= 15 is 0 Å². The van der Waals surface area contributed by atoms with E-state index in [1.54, 1.807) is 11.3 Å². The molecule has 2 nitrogen and oxygen atoms in total. The zero-order chi connectivity index (χ0) is 10.8. The number of benzene rings is 1. The van der Waals surface area contributed by atoms with Crippen molar-refractivity contribution in [1.29, 1.82) is 0 Å². The lowest BCUT2D eigenvalue weighted by molar-refractivity contribution is 0.344. The third-order valence-electron chi connectivity index (χ3n) is 2.94. The molecule has 1 aliphatic rings. The summed E-state index contributed by atoms with van der Waals surface area (Å²) in [5.74, 6) is 0.797. The van der Waals surface area contributed by atoms with Gasteiger partial charge < -0.3 is 5.32 Å². The highest BCUT2D eigenvalue weighted by molar-refractivity contribution is 7.13. The van der Waals surface area contributed by atoms with Crippen LogP contribution in [0.1, 0.15) is 5.69 Å². The number of aromatic nitrogens is 1. The molecule has 0 saturated carbocycles. The molecule has 3 heteroatoms. The Kier molecular flexibility index (Phi) is 2.72. The maximum absolute atomic E-state index is 4.69. The second-order valence-corrected chi connectivity index (χ2v) is 5.10. The summed E-state index contributed by atoms with van der Waals surface area (Å²) < 4.78 is 0. The summed E-state index contributed by atoms with van der Waals surface area (Å²) in [5, 5.41) is 6.63. The molecule has 1 aromatic heterocycles. The summed E-state index contributed by atoms with van der Waals surface area (Å²) in [4.78, 5) is 4.69. The maximum atomic E-state index is 4.69. The van der Waals surface area contributed by atoms with Crippen molar-refractivity contribution < 1.29 is 0 Å². The molecule has 1 fully saturated rings. The number of nitrogens with zero attached hydrogens (tertiary/aromatic N) is 1. The first-order chi connectivity index (χ1) is 7.92. The van der Waals surface area contributed by atoms with Gasteiger partial charge in [0.2, 0.25) is 0 Å². The highest BCUT2D eigenvalue weighted by Crippen LogP contribution is 2.24. The Morgan fingerprint density at radius 3 is 2.75 bits per heavy atom. The Hall–Kier alpha value is -1.19. The molecule has 2 heterocycles. The Bertz CT molecular complexity index is 460. The first-order valence-corrected chi connectivity index (χ1v) is 6.50. The highest BCUT2D eigenvalue weighted by atomic mass is 32.1. The average Bonchev–Trinajstić information content (AvgIpc) is 2.73. The maximum Gasteiger partial charge on any atom is 0.123 e. The van der Waals surface area contributed by atoms with E-state index < -0.39 is 0 Å². The molecule has 3 rings (SSSR count). The molecule has 0 radical (unpaired) electrons. The highest BCUT2D eigenvalue weighted by Gasteiger charge is 2.18. The Balaban J connectivity index is 1.77. The van der Waals surface area contributed by atoms with Crippen LogP contribution < -0.4 is 5.32 Å². The molecule has 0 spiro atoms. The molecule has 0 atom stereocenters. The van der Waals surface area contributed by atoms with Crippen LogP contribution in [0.25, 0.3) is 10.6 Å². The molecule has 1 saturated heterocycles. The fraction of sp³-hybridized carbons (Fsp3) is 0.308.